The van der Waals surface area contributed by atoms with E-state index >= 15 is 0 Å². The van der Waals surface area contributed by atoms with Crippen molar-refractivity contribution in [3.63, 3.8) is 0 Å². The average Bonchev–Trinajstić information content (AvgIpc) is 3.38. The summed E-state index contributed by atoms with van der Waals surface area (Å²) in [6, 6.07) is 15.4. The Bertz CT molecular complexity index is 1210. The van der Waals surface area contributed by atoms with Crippen molar-refractivity contribution in [3.8, 4) is 28.4 Å². The van der Waals surface area contributed by atoms with Crippen LogP contribution in [0.15, 0.2) is 66.2 Å². The highest BCUT2D eigenvalue weighted by molar-refractivity contribution is 7.71. The van der Waals surface area contributed by atoms with Crippen LogP contribution in [0.1, 0.15) is 5.56 Å². The molecule has 0 atom stereocenters. The van der Waals surface area contributed by atoms with Crippen LogP contribution in [0.4, 0.5) is 0 Å². The third-order valence-corrected chi connectivity index (χ3v) is 4.56. The van der Waals surface area contributed by atoms with E-state index in [0.29, 0.717) is 22.0 Å². The summed E-state index contributed by atoms with van der Waals surface area (Å²) < 4.78 is 14.6. The lowest BCUT2D eigenvalue weighted by Gasteiger charge is -2.09. The Hall–Kier alpha value is -3.72. The number of aromatic amines is 1. The van der Waals surface area contributed by atoms with E-state index in [4.69, 9.17) is 26.8 Å². The van der Waals surface area contributed by atoms with E-state index in [2.05, 4.69) is 15.3 Å². The van der Waals surface area contributed by atoms with Gasteiger partial charge in [-0.2, -0.15) is 20.0 Å². The quantitative estimate of drug-likeness (QED) is 0.390. The number of nitrogens with zero attached hydrogens (tertiary/aromatic N) is 5. The average molecular weight is 406 g/mol. The summed E-state index contributed by atoms with van der Waals surface area (Å²) in [5.41, 5.74) is 3.20. The lowest BCUT2D eigenvalue weighted by molar-refractivity contribution is 0.404. The molecule has 0 bridgehead atoms. The summed E-state index contributed by atoms with van der Waals surface area (Å²) in [6.07, 6.45) is 5.09. The molecule has 8 nitrogen and oxygen atoms in total. The number of H-pyrrole nitrogens is 1. The maximum Gasteiger partial charge on any atom is 0.216 e. The highest BCUT2D eigenvalue weighted by Crippen LogP contribution is 2.34. The van der Waals surface area contributed by atoms with Crippen LogP contribution in [0.2, 0.25) is 0 Å². The van der Waals surface area contributed by atoms with E-state index in [1.807, 2.05) is 54.7 Å². The molecule has 0 spiro atoms. The molecule has 0 saturated heterocycles. The number of para-hydroxylation sites is 1. The van der Waals surface area contributed by atoms with Crippen LogP contribution in [0.25, 0.3) is 16.9 Å². The van der Waals surface area contributed by atoms with E-state index in [1.165, 1.54) is 11.0 Å². The van der Waals surface area contributed by atoms with Crippen LogP contribution in [0.3, 0.4) is 0 Å². The fourth-order valence-corrected chi connectivity index (χ4v) is 3.00. The van der Waals surface area contributed by atoms with Gasteiger partial charge in [-0.15, -0.1) is 0 Å². The molecule has 0 aliphatic carbocycles. The van der Waals surface area contributed by atoms with Crippen LogP contribution < -0.4 is 9.47 Å². The smallest absolute Gasteiger partial charge is 0.216 e. The molecule has 9 heteroatoms. The maximum absolute atomic E-state index is 5.55. The molecule has 0 unspecified atom stereocenters. The lowest BCUT2D eigenvalue weighted by Crippen LogP contribution is -1.96. The largest absolute Gasteiger partial charge is 0.497 e. The Morgan fingerprint density at radius 1 is 1.10 bits per heavy atom. The zero-order valence-corrected chi connectivity index (χ0v) is 16.6. The summed E-state index contributed by atoms with van der Waals surface area (Å²) in [6.45, 7) is 0. The minimum absolute atomic E-state index is 0.400. The molecule has 0 saturated carbocycles. The molecule has 2 aromatic carbocycles. The molecule has 1 N–H and O–H groups in total. The fourth-order valence-electron chi connectivity index (χ4n) is 2.85. The Labute approximate surface area is 172 Å². The standard InChI is InChI=1S/C20H18N6O2S/c1-27-16-8-9-18(28-2)17(10-16)19-14(11-22-26-13-21-23-20(26)29)12-25(24-19)15-6-4-3-5-7-15/h3-13H,1-2H3,(H,23,29)/b22-11-. The Kier molecular flexibility index (Phi) is 5.21. The second-order valence-electron chi connectivity index (χ2n) is 6.03. The van der Waals surface area contributed by atoms with E-state index in [1.54, 1.807) is 25.1 Å². The first kappa shape index (κ1) is 18.6. The van der Waals surface area contributed by atoms with Gasteiger partial charge in [0, 0.05) is 17.3 Å². The second-order valence-corrected chi connectivity index (χ2v) is 6.42. The third-order valence-electron chi connectivity index (χ3n) is 4.28. The summed E-state index contributed by atoms with van der Waals surface area (Å²) in [5.74, 6) is 1.38. The van der Waals surface area contributed by atoms with Crippen molar-refractivity contribution >= 4 is 18.4 Å². The second kappa shape index (κ2) is 8.11. The van der Waals surface area contributed by atoms with E-state index in [9.17, 15) is 0 Å². The number of rotatable bonds is 6. The maximum atomic E-state index is 5.55. The van der Waals surface area contributed by atoms with Gasteiger partial charge >= 0.3 is 0 Å². The highest BCUT2D eigenvalue weighted by atomic mass is 32.1. The highest BCUT2D eigenvalue weighted by Gasteiger charge is 2.16. The van der Waals surface area contributed by atoms with E-state index < -0.39 is 0 Å². The molecule has 0 aliphatic rings. The number of benzene rings is 2. The first-order valence-corrected chi connectivity index (χ1v) is 9.14. The number of aromatic nitrogens is 5. The van der Waals surface area contributed by atoms with Gasteiger partial charge < -0.3 is 9.47 Å². The molecule has 146 valence electrons. The summed E-state index contributed by atoms with van der Waals surface area (Å²) in [7, 11) is 3.25. The molecule has 0 aliphatic heterocycles. The SMILES string of the molecule is COc1ccc(OC)c(-c2nn(-c3ccccc3)cc2/C=N\n2cn[nH]c2=S)c1. The first-order valence-electron chi connectivity index (χ1n) is 8.73. The first-order chi connectivity index (χ1) is 14.2. The Morgan fingerprint density at radius 3 is 2.62 bits per heavy atom. The van der Waals surface area contributed by atoms with Crippen molar-refractivity contribution in [2.75, 3.05) is 14.2 Å². The molecule has 0 fully saturated rings. The zero-order valence-electron chi connectivity index (χ0n) is 15.8. The van der Waals surface area contributed by atoms with Crippen molar-refractivity contribution in [2.45, 2.75) is 0 Å². The molecule has 0 radical (unpaired) electrons. The molecule has 2 heterocycles. The van der Waals surface area contributed by atoms with Crippen LogP contribution in [0.5, 0.6) is 11.5 Å². The van der Waals surface area contributed by atoms with Crippen LogP contribution >= 0.6 is 12.2 Å². The van der Waals surface area contributed by atoms with Crippen LogP contribution in [0, 0.1) is 4.77 Å². The topological polar surface area (TPSA) is 82.2 Å². The summed E-state index contributed by atoms with van der Waals surface area (Å²) in [5, 5.41) is 15.7. The van der Waals surface area contributed by atoms with Crippen molar-refractivity contribution in [1.29, 1.82) is 0 Å². The molecule has 4 rings (SSSR count). The predicted octanol–water partition coefficient (Wildman–Crippen LogP) is 3.69. The van der Waals surface area contributed by atoms with E-state index in [-0.39, 0.29) is 0 Å². The Morgan fingerprint density at radius 2 is 1.93 bits per heavy atom. The zero-order chi connectivity index (χ0) is 20.2. The molecular formula is C20H18N6O2S. The van der Waals surface area contributed by atoms with Gasteiger partial charge in [0.05, 0.1) is 26.1 Å². The summed E-state index contributed by atoms with van der Waals surface area (Å²) in [4.78, 5) is 0. The van der Waals surface area contributed by atoms with Gasteiger partial charge in [-0.3, -0.25) is 5.10 Å². The molecule has 4 aromatic rings. The van der Waals surface area contributed by atoms with Gasteiger partial charge in [0.25, 0.3) is 0 Å². The van der Waals surface area contributed by atoms with Crippen molar-refractivity contribution < 1.29 is 9.47 Å². The molecule has 29 heavy (non-hydrogen) atoms. The van der Waals surface area contributed by atoms with Gasteiger partial charge in [0.15, 0.2) is 0 Å². The fraction of sp³-hybridized carbons (Fsp3) is 0.100. The van der Waals surface area contributed by atoms with Crippen molar-refractivity contribution in [3.05, 3.63) is 71.4 Å². The van der Waals surface area contributed by atoms with Gasteiger partial charge in [0.1, 0.15) is 23.5 Å². The van der Waals surface area contributed by atoms with Gasteiger partial charge in [-0.05, 0) is 42.5 Å². The van der Waals surface area contributed by atoms with Crippen LogP contribution in [-0.4, -0.2) is 45.1 Å². The predicted molar refractivity (Wildman–Crippen MR) is 113 cm³/mol. The number of hydrogen-bond donors (Lipinski definition) is 1. The van der Waals surface area contributed by atoms with Gasteiger partial charge in [0.2, 0.25) is 4.77 Å². The number of nitrogens with one attached hydrogen (secondary N) is 1. The van der Waals surface area contributed by atoms with E-state index in [0.717, 1.165) is 16.8 Å². The third kappa shape index (κ3) is 3.81. The number of methoxy groups -OCH3 is 2. The van der Waals surface area contributed by atoms with Gasteiger partial charge in [-0.1, -0.05) is 18.2 Å². The minimum Gasteiger partial charge on any atom is -0.497 e. The lowest BCUT2D eigenvalue weighted by atomic mass is 10.1. The van der Waals surface area contributed by atoms with Crippen molar-refractivity contribution in [1.82, 2.24) is 24.7 Å². The Balaban J connectivity index is 1.88. The van der Waals surface area contributed by atoms with Crippen molar-refractivity contribution in [2.24, 2.45) is 5.10 Å². The normalized spacial score (nSPS) is 11.1. The molecule has 2 aromatic heterocycles. The molecular weight excluding hydrogens is 388 g/mol. The number of ether oxygens (including phenoxy) is 2. The van der Waals surface area contributed by atoms with Gasteiger partial charge in [-0.25, -0.2) is 4.68 Å². The number of hydrogen-bond acceptors (Lipinski definition) is 6. The monoisotopic (exact) mass is 406 g/mol. The van der Waals surface area contributed by atoms with Crippen LogP contribution in [-0.2, 0) is 0 Å². The summed E-state index contributed by atoms with van der Waals surface area (Å²) >= 11 is 5.15. The minimum atomic E-state index is 0.400. The molecule has 0 amide bonds.